The predicted octanol–water partition coefficient (Wildman–Crippen LogP) is 1.78. The van der Waals surface area contributed by atoms with Crippen molar-refractivity contribution in [2.24, 2.45) is 5.73 Å². The number of aliphatic hydroxyl groups is 1. The van der Waals surface area contributed by atoms with Crippen LogP contribution in [0, 0.1) is 0 Å². The van der Waals surface area contributed by atoms with Crippen LogP contribution in [0.5, 0.6) is 5.75 Å². The Morgan fingerprint density at radius 2 is 2.07 bits per heavy atom. The first-order chi connectivity index (χ1) is 6.88. The van der Waals surface area contributed by atoms with Gasteiger partial charge in [0.05, 0.1) is 10.5 Å². The molecule has 1 rings (SSSR count). The van der Waals surface area contributed by atoms with Crippen LogP contribution in [0.4, 0.5) is 8.78 Å². The number of benzene rings is 1. The third kappa shape index (κ3) is 2.64. The molecule has 0 fully saturated rings. The normalized spacial score (nSPS) is 13.9. The van der Waals surface area contributed by atoms with Gasteiger partial charge in [0.2, 0.25) is 0 Å². The van der Waals surface area contributed by atoms with E-state index in [2.05, 4.69) is 15.9 Å². The van der Waals surface area contributed by atoms with E-state index in [4.69, 9.17) is 15.9 Å². The first kappa shape index (κ1) is 12.4. The summed E-state index contributed by atoms with van der Waals surface area (Å²) in [6, 6.07) is 2.24. The van der Waals surface area contributed by atoms with Gasteiger partial charge < -0.3 is 15.9 Å². The van der Waals surface area contributed by atoms with Crippen molar-refractivity contribution in [2.45, 2.75) is 12.0 Å². The lowest BCUT2D eigenvalue weighted by Gasteiger charge is -2.21. The Labute approximate surface area is 93.7 Å². The van der Waals surface area contributed by atoms with E-state index >= 15 is 0 Å². The Morgan fingerprint density at radius 3 is 2.53 bits per heavy atom. The Hall–Kier alpha value is -0.720. The van der Waals surface area contributed by atoms with Crippen LogP contribution in [0.1, 0.15) is 11.6 Å². The van der Waals surface area contributed by atoms with Crippen molar-refractivity contribution < 1.29 is 19.0 Å². The smallest absolute Gasteiger partial charge is 0.289 e. The van der Waals surface area contributed by atoms with Gasteiger partial charge in [-0.1, -0.05) is 6.07 Å². The molecule has 0 aliphatic rings. The van der Waals surface area contributed by atoms with Gasteiger partial charge in [0.15, 0.2) is 0 Å². The maximum absolute atomic E-state index is 13.0. The Balaban J connectivity index is 3.02. The minimum absolute atomic E-state index is 0.0572. The van der Waals surface area contributed by atoms with E-state index in [1.54, 1.807) is 0 Å². The molecule has 1 aromatic rings. The zero-order valence-corrected chi connectivity index (χ0v) is 9.21. The number of aromatic hydroxyl groups is 1. The zero-order chi connectivity index (χ0) is 11.6. The summed E-state index contributed by atoms with van der Waals surface area (Å²) in [7, 11) is 0. The largest absolute Gasteiger partial charge is 0.507 e. The van der Waals surface area contributed by atoms with Crippen molar-refractivity contribution in [3.05, 3.63) is 28.2 Å². The monoisotopic (exact) mass is 281 g/mol. The van der Waals surface area contributed by atoms with Crippen LogP contribution in [0.3, 0.4) is 0 Å². The maximum atomic E-state index is 13.0. The molecule has 0 bridgehead atoms. The molecule has 0 spiro atoms. The number of phenols is 1. The Bertz CT molecular complexity index is 360. The number of halogens is 3. The fourth-order valence-corrected chi connectivity index (χ4v) is 1.46. The van der Waals surface area contributed by atoms with Crippen molar-refractivity contribution in [3.63, 3.8) is 0 Å². The van der Waals surface area contributed by atoms with E-state index < -0.39 is 18.6 Å². The minimum Gasteiger partial charge on any atom is -0.507 e. The van der Waals surface area contributed by atoms with Crippen LogP contribution in [0.25, 0.3) is 0 Å². The van der Waals surface area contributed by atoms with Crippen molar-refractivity contribution in [2.75, 3.05) is 6.61 Å². The highest BCUT2D eigenvalue weighted by Gasteiger charge is 2.37. The number of phenolic OH excluding ortho intramolecular Hbond substituents is 1. The first-order valence-corrected chi connectivity index (χ1v) is 4.90. The average Bonchev–Trinajstić information content (AvgIpc) is 2.21. The molecule has 0 aliphatic heterocycles. The average molecular weight is 282 g/mol. The molecule has 0 saturated heterocycles. The Kier molecular flexibility index (Phi) is 3.64. The first-order valence-electron chi connectivity index (χ1n) is 4.11. The molecule has 0 radical (unpaired) electrons. The second kappa shape index (κ2) is 4.42. The topological polar surface area (TPSA) is 66.5 Å². The SMILES string of the molecule is N[C@@H](c1ccc(O)c(Br)c1)C(F)(F)CO. The molecule has 1 aromatic carbocycles. The number of aliphatic hydroxyl groups excluding tert-OH is 1. The summed E-state index contributed by atoms with van der Waals surface area (Å²) >= 11 is 2.99. The van der Waals surface area contributed by atoms with E-state index in [1.165, 1.54) is 18.2 Å². The molecule has 0 aliphatic carbocycles. The summed E-state index contributed by atoms with van der Waals surface area (Å²) in [4.78, 5) is 0. The molecule has 15 heavy (non-hydrogen) atoms. The molecular formula is C9H10BrF2NO2. The molecule has 0 amide bonds. The molecule has 6 heteroatoms. The highest BCUT2D eigenvalue weighted by Crippen LogP contribution is 2.32. The predicted molar refractivity (Wildman–Crippen MR) is 54.8 cm³/mol. The number of nitrogens with two attached hydrogens (primary N) is 1. The summed E-state index contributed by atoms with van der Waals surface area (Å²) < 4.78 is 26.3. The molecule has 0 unspecified atom stereocenters. The number of hydrogen-bond donors (Lipinski definition) is 3. The molecule has 0 saturated carbocycles. The van der Waals surface area contributed by atoms with Crippen LogP contribution < -0.4 is 5.73 Å². The van der Waals surface area contributed by atoms with Gasteiger partial charge in [0, 0.05) is 0 Å². The van der Waals surface area contributed by atoms with Gasteiger partial charge in [0.25, 0.3) is 5.92 Å². The number of rotatable bonds is 3. The van der Waals surface area contributed by atoms with E-state index in [1.807, 2.05) is 0 Å². The van der Waals surface area contributed by atoms with Crippen molar-refractivity contribution in [1.29, 1.82) is 0 Å². The summed E-state index contributed by atoms with van der Waals surface area (Å²) in [5.41, 5.74) is 5.43. The lowest BCUT2D eigenvalue weighted by atomic mass is 10.0. The van der Waals surface area contributed by atoms with Crippen LogP contribution in [0.2, 0.25) is 0 Å². The summed E-state index contributed by atoms with van der Waals surface area (Å²) in [6.07, 6.45) is 0. The van der Waals surface area contributed by atoms with Crippen molar-refractivity contribution in [3.8, 4) is 5.75 Å². The fourth-order valence-electron chi connectivity index (χ4n) is 1.06. The van der Waals surface area contributed by atoms with E-state index in [-0.39, 0.29) is 15.8 Å². The molecular weight excluding hydrogens is 272 g/mol. The van der Waals surface area contributed by atoms with Gasteiger partial charge in [-0.05, 0) is 33.6 Å². The third-order valence-electron chi connectivity index (χ3n) is 2.00. The third-order valence-corrected chi connectivity index (χ3v) is 2.63. The van der Waals surface area contributed by atoms with Crippen LogP contribution in [-0.4, -0.2) is 22.7 Å². The second-order valence-electron chi connectivity index (χ2n) is 3.11. The van der Waals surface area contributed by atoms with E-state index in [9.17, 15) is 8.78 Å². The quantitative estimate of drug-likeness (QED) is 0.791. The van der Waals surface area contributed by atoms with Crippen LogP contribution in [-0.2, 0) is 0 Å². The van der Waals surface area contributed by atoms with Crippen molar-refractivity contribution in [1.82, 2.24) is 0 Å². The highest BCUT2D eigenvalue weighted by molar-refractivity contribution is 9.10. The molecule has 84 valence electrons. The van der Waals surface area contributed by atoms with Gasteiger partial charge in [-0.2, -0.15) is 0 Å². The highest BCUT2D eigenvalue weighted by atomic mass is 79.9. The molecule has 0 heterocycles. The maximum Gasteiger partial charge on any atom is 0.289 e. The second-order valence-corrected chi connectivity index (χ2v) is 3.96. The Morgan fingerprint density at radius 1 is 1.47 bits per heavy atom. The number of hydrogen-bond acceptors (Lipinski definition) is 3. The number of alkyl halides is 2. The summed E-state index contributed by atoms with van der Waals surface area (Å²) in [6.45, 7) is -1.31. The van der Waals surface area contributed by atoms with Gasteiger partial charge in [0.1, 0.15) is 12.4 Å². The van der Waals surface area contributed by atoms with E-state index in [0.717, 1.165) is 0 Å². The van der Waals surface area contributed by atoms with Crippen LogP contribution in [0.15, 0.2) is 22.7 Å². The van der Waals surface area contributed by atoms with Crippen molar-refractivity contribution >= 4 is 15.9 Å². The molecule has 1 atom stereocenters. The van der Waals surface area contributed by atoms with Gasteiger partial charge >= 0.3 is 0 Å². The lowest BCUT2D eigenvalue weighted by Crippen LogP contribution is -2.36. The summed E-state index contributed by atoms with van der Waals surface area (Å²) in [5, 5.41) is 17.6. The summed E-state index contributed by atoms with van der Waals surface area (Å²) in [5.74, 6) is -3.44. The molecule has 4 N–H and O–H groups in total. The van der Waals surface area contributed by atoms with Crippen LogP contribution >= 0.6 is 15.9 Å². The van der Waals surface area contributed by atoms with Gasteiger partial charge in [-0.15, -0.1) is 0 Å². The van der Waals surface area contributed by atoms with Gasteiger partial charge in [-0.3, -0.25) is 0 Å². The van der Waals surface area contributed by atoms with E-state index in [0.29, 0.717) is 0 Å². The fraction of sp³-hybridized carbons (Fsp3) is 0.333. The van der Waals surface area contributed by atoms with Gasteiger partial charge in [-0.25, -0.2) is 8.78 Å². The molecule has 0 aromatic heterocycles. The standard InChI is InChI=1S/C9H10BrF2NO2/c10-6-3-5(1-2-7(6)15)8(13)9(11,12)4-14/h1-3,8,14-15H,4,13H2/t8-/m0/s1. The lowest BCUT2D eigenvalue weighted by molar-refractivity contribution is -0.0712. The molecule has 3 nitrogen and oxygen atoms in total. The zero-order valence-electron chi connectivity index (χ0n) is 7.62. The minimum atomic E-state index is -3.38.